The molecule has 0 aliphatic carbocycles. The minimum atomic E-state index is -5.08. The molecule has 5 nitrogen and oxygen atoms in total. The summed E-state index contributed by atoms with van der Waals surface area (Å²) < 4.78 is 38.6. The average Bonchev–Trinajstić information content (AvgIpc) is 2.51. The third-order valence-electron chi connectivity index (χ3n) is 1.44. The monoisotopic (exact) mass is 229 g/mol. The Morgan fingerprint density at radius 3 is 2.14 bits per heavy atom. The molecule has 0 fully saturated rings. The van der Waals surface area contributed by atoms with Crippen molar-refractivity contribution in [2.45, 2.75) is 6.92 Å². The van der Waals surface area contributed by atoms with Gasteiger partial charge in [0.15, 0.2) is 0 Å². The molecule has 0 spiro atoms. The van der Waals surface area contributed by atoms with Gasteiger partial charge in [0, 0.05) is 26.0 Å². The lowest BCUT2D eigenvalue weighted by atomic mass is 10.6. The molecule has 1 heterocycles. The van der Waals surface area contributed by atoms with E-state index in [2.05, 4.69) is 36.2 Å². The number of hydrogen-bond donors (Lipinski definition) is 1. The predicted octanol–water partition coefficient (Wildman–Crippen LogP) is 0.357. The lowest BCUT2D eigenvalue weighted by molar-refractivity contribution is 0.308. The number of nitrogens with one attached hydrogen (secondary N) is 1. The third-order valence-corrected chi connectivity index (χ3v) is 1.62. The molecule has 1 rings (SSSR count). The first-order valence-electron chi connectivity index (χ1n) is 3.83. The van der Waals surface area contributed by atoms with Gasteiger partial charge >= 0.3 is 10.4 Å². The van der Waals surface area contributed by atoms with Crippen molar-refractivity contribution in [3.8, 4) is 0 Å². The zero-order chi connectivity index (χ0) is 11.2. The standard InChI is InChI=1S/C6H12N2.F2HNO2S/c1-3-8-5-4-7(2)6-8;1-3-6(2,4)5/h4-5H,3,6H2,1-2H3;3H. The van der Waals surface area contributed by atoms with Gasteiger partial charge in [-0.15, -0.1) is 4.48 Å². The van der Waals surface area contributed by atoms with Crippen LogP contribution in [0.3, 0.4) is 0 Å². The van der Waals surface area contributed by atoms with Gasteiger partial charge in [-0.05, 0) is 11.9 Å². The highest BCUT2D eigenvalue weighted by Crippen LogP contribution is 2.00. The minimum Gasteiger partial charge on any atom is -0.362 e. The van der Waals surface area contributed by atoms with Crippen LogP contribution in [0.2, 0.25) is 0 Å². The molecule has 1 N–H and O–H groups in total. The van der Waals surface area contributed by atoms with Crippen LogP contribution in [-0.4, -0.2) is 38.5 Å². The van der Waals surface area contributed by atoms with Gasteiger partial charge in [-0.2, -0.15) is 8.42 Å². The van der Waals surface area contributed by atoms with E-state index in [0.717, 1.165) is 13.2 Å². The molecule has 1 aliphatic rings. The fourth-order valence-corrected chi connectivity index (χ4v) is 0.794. The zero-order valence-corrected chi connectivity index (χ0v) is 8.76. The van der Waals surface area contributed by atoms with Crippen molar-refractivity contribution in [1.29, 1.82) is 0 Å². The SMILES string of the molecule is CCN1C=CN(C)C1.O=S(=O)(F)NF. The smallest absolute Gasteiger partial charge is 0.362 e. The lowest BCUT2D eigenvalue weighted by Gasteiger charge is -2.14. The van der Waals surface area contributed by atoms with Gasteiger partial charge in [-0.3, -0.25) is 0 Å². The Bertz CT molecular complexity index is 281. The van der Waals surface area contributed by atoms with Crippen LogP contribution in [0, 0.1) is 0 Å². The van der Waals surface area contributed by atoms with Crippen molar-refractivity contribution in [3.05, 3.63) is 12.4 Å². The Morgan fingerprint density at radius 2 is 2.00 bits per heavy atom. The van der Waals surface area contributed by atoms with Gasteiger partial charge in [0.25, 0.3) is 0 Å². The van der Waals surface area contributed by atoms with Crippen molar-refractivity contribution in [2.24, 2.45) is 0 Å². The Kier molecular flexibility index (Phi) is 5.39. The number of rotatable bonds is 2. The van der Waals surface area contributed by atoms with E-state index in [9.17, 15) is 8.37 Å². The first kappa shape index (κ1) is 13.1. The van der Waals surface area contributed by atoms with Crippen molar-refractivity contribution in [1.82, 2.24) is 14.7 Å². The summed E-state index contributed by atoms with van der Waals surface area (Å²) in [6.07, 6.45) is 4.20. The number of nitrogens with zero attached hydrogens (tertiary/aromatic N) is 2. The summed E-state index contributed by atoms with van der Waals surface area (Å²) in [6.45, 7) is 4.32. The summed E-state index contributed by atoms with van der Waals surface area (Å²) in [5.41, 5.74) is 0. The van der Waals surface area contributed by atoms with E-state index in [4.69, 9.17) is 8.42 Å². The summed E-state index contributed by atoms with van der Waals surface area (Å²) in [4.78, 5) is 4.32. The highest BCUT2D eigenvalue weighted by Gasteiger charge is 2.03. The van der Waals surface area contributed by atoms with Crippen LogP contribution >= 0.6 is 0 Å². The van der Waals surface area contributed by atoms with Crippen molar-refractivity contribution in [3.63, 3.8) is 0 Å². The average molecular weight is 229 g/mol. The topological polar surface area (TPSA) is 52.7 Å². The van der Waals surface area contributed by atoms with Crippen LogP contribution in [0.15, 0.2) is 12.4 Å². The molecule has 0 saturated carbocycles. The quantitative estimate of drug-likeness (QED) is 0.548. The van der Waals surface area contributed by atoms with Crippen LogP contribution in [0.4, 0.5) is 8.37 Å². The second kappa shape index (κ2) is 5.76. The third kappa shape index (κ3) is 6.61. The van der Waals surface area contributed by atoms with Gasteiger partial charge < -0.3 is 9.80 Å². The van der Waals surface area contributed by atoms with E-state index in [1.807, 2.05) is 0 Å². The molecule has 0 amide bonds. The summed E-state index contributed by atoms with van der Waals surface area (Å²) in [5.74, 6) is 0. The van der Waals surface area contributed by atoms with E-state index in [-0.39, 0.29) is 4.94 Å². The van der Waals surface area contributed by atoms with E-state index in [1.165, 1.54) is 0 Å². The molecule has 0 saturated heterocycles. The zero-order valence-electron chi connectivity index (χ0n) is 7.94. The van der Waals surface area contributed by atoms with Crippen LogP contribution in [-0.2, 0) is 10.4 Å². The van der Waals surface area contributed by atoms with Gasteiger partial charge in [-0.1, -0.05) is 3.89 Å². The Hall–Kier alpha value is -0.890. The number of halogens is 2. The van der Waals surface area contributed by atoms with E-state index in [1.54, 1.807) is 0 Å². The summed E-state index contributed by atoms with van der Waals surface area (Å²) in [5, 5.41) is 0. The van der Waals surface area contributed by atoms with Crippen molar-refractivity contribution in [2.75, 3.05) is 20.3 Å². The number of hydrogen-bond acceptors (Lipinski definition) is 4. The highest BCUT2D eigenvalue weighted by molar-refractivity contribution is 7.84. The maximum Gasteiger partial charge on any atom is 0.398 e. The highest BCUT2D eigenvalue weighted by atomic mass is 32.3. The molecule has 0 radical (unpaired) electrons. The second-order valence-corrected chi connectivity index (χ2v) is 3.65. The normalized spacial score (nSPS) is 15.4. The summed E-state index contributed by atoms with van der Waals surface area (Å²) >= 11 is 0. The first-order valence-corrected chi connectivity index (χ1v) is 5.22. The molecule has 8 heteroatoms. The van der Waals surface area contributed by atoms with Gasteiger partial charge in [-0.25, -0.2) is 0 Å². The van der Waals surface area contributed by atoms with Crippen LogP contribution in [0.1, 0.15) is 6.92 Å². The molecule has 1 aliphatic heterocycles. The molecular weight excluding hydrogens is 216 g/mol. The molecule has 0 aromatic rings. The van der Waals surface area contributed by atoms with Crippen LogP contribution in [0.25, 0.3) is 0 Å². The minimum absolute atomic E-state index is 0.0903. The van der Waals surface area contributed by atoms with E-state index < -0.39 is 10.4 Å². The Morgan fingerprint density at radius 1 is 1.50 bits per heavy atom. The summed E-state index contributed by atoms with van der Waals surface area (Å²) in [7, 11) is -3.00. The molecule has 0 aromatic heterocycles. The maximum absolute atomic E-state index is 10.6. The van der Waals surface area contributed by atoms with Crippen molar-refractivity contribution < 1.29 is 16.8 Å². The fourth-order valence-electron chi connectivity index (χ4n) is 0.794. The molecule has 0 bridgehead atoms. The Labute approximate surface area is 82.3 Å². The van der Waals surface area contributed by atoms with Crippen LogP contribution < -0.4 is 4.94 Å². The van der Waals surface area contributed by atoms with E-state index in [0.29, 0.717) is 0 Å². The maximum atomic E-state index is 10.6. The molecule has 84 valence electrons. The van der Waals surface area contributed by atoms with Gasteiger partial charge in [0.05, 0.1) is 6.67 Å². The Balaban J connectivity index is 0.000000255. The lowest BCUT2D eigenvalue weighted by Crippen LogP contribution is -2.21. The molecule has 0 unspecified atom stereocenters. The van der Waals surface area contributed by atoms with Crippen molar-refractivity contribution >= 4 is 10.4 Å². The second-order valence-electron chi connectivity index (χ2n) is 2.62. The molecule has 14 heavy (non-hydrogen) atoms. The van der Waals surface area contributed by atoms with E-state index >= 15 is 0 Å². The molecule has 0 aromatic carbocycles. The molecular formula is C6H13F2N3O2S. The van der Waals surface area contributed by atoms with Gasteiger partial charge in [0.1, 0.15) is 0 Å². The fraction of sp³-hybridized carbons (Fsp3) is 0.667. The van der Waals surface area contributed by atoms with Gasteiger partial charge in [0.2, 0.25) is 0 Å². The summed E-state index contributed by atoms with van der Waals surface area (Å²) in [6, 6.07) is 0. The predicted molar refractivity (Wildman–Crippen MR) is 48.4 cm³/mol. The molecule has 0 atom stereocenters. The first-order chi connectivity index (χ1) is 6.39. The van der Waals surface area contributed by atoms with Crippen LogP contribution in [0.5, 0.6) is 0 Å². The largest absolute Gasteiger partial charge is 0.398 e.